The predicted octanol–water partition coefficient (Wildman–Crippen LogP) is 5.95. The van der Waals surface area contributed by atoms with Crippen LogP contribution in [0.1, 0.15) is 49.8 Å². The number of hydrogen-bond donors (Lipinski definition) is 3. The van der Waals surface area contributed by atoms with E-state index in [1.54, 1.807) is 55.2 Å². The molecule has 9 rings (SSSR count). The van der Waals surface area contributed by atoms with Crippen molar-refractivity contribution in [2.45, 2.75) is 57.5 Å². The molecule has 3 aromatic carbocycles. The van der Waals surface area contributed by atoms with E-state index in [9.17, 15) is 18.9 Å². The van der Waals surface area contributed by atoms with E-state index < -0.39 is 19.1 Å². The van der Waals surface area contributed by atoms with Gasteiger partial charge in [-0.25, -0.2) is 9.78 Å². The average Bonchev–Trinajstić information content (AvgIpc) is 3.57. The zero-order chi connectivity index (χ0) is 46.3. The number of anilines is 5. The van der Waals surface area contributed by atoms with Gasteiger partial charge in [0.05, 0.1) is 44.8 Å². The molecule has 0 bridgehead atoms. The number of fused-ring (bicyclic) bond motifs is 2. The van der Waals surface area contributed by atoms with Gasteiger partial charge >= 0.3 is 5.69 Å². The van der Waals surface area contributed by atoms with Crippen LogP contribution in [0.3, 0.4) is 0 Å². The molecule has 0 radical (unpaired) electrons. The second-order valence-corrected chi connectivity index (χ2v) is 21.7. The van der Waals surface area contributed by atoms with Crippen LogP contribution in [-0.2, 0) is 34.0 Å². The summed E-state index contributed by atoms with van der Waals surface area (Å²) in [5.41, 5.74) is 7.48. The van der Waals surface area contributed by atoms with Crippen LogP contribution >= 0.6 is 23.1 Å². The lowest BCUT2D eigenvalue weighted by atomic mass is 9.99. The van der Waals surface area contributed by atoms with Crippen LogP contribution in [0.2, 0.25) is 0 Å². The molecule has 2 amide bonds. The molecule has 3 aliphatic rings. The lowest BCUT2D eigenvalue weighted by Crippen LogP contribution is -2.53. The minimum Gasteiger partial charge on any atom is -0.494 e. The molecule has 66 heavy (non-hydrogen) atoms. The number of hydrogen-bond acceptors (Lipinski definition) is 14. The second-order valence-electron chi connectivity index (χ2n) is 17.7. The molecule has 0 saturated carbocycles. The highest BCUT2D eigenvalue weighted by molar-refractivity contribution is 9.10. The van der Waals surface area contributed by atoms with Gasteiger partial charge in [-0.3, -0.25) is 38.9 Å². The summed E-state index contributed by atoms with van der Waals surface area (Å²) >= 11 is 3.60. The van der Waals surface area contributed by atoms with E-state index in [1.807, 2.05) is 24.3 Å². The normalized spacial score (nSPS) is 18.0. The molecule has 3 aliphatic heterocycles. The van der Waals surface area contributed by atoms with Crippen molar-refractivity contribution in [3.8, 4) is 5.75 Å². The molecule has 3 saturated heterocycles. The van der Waals surface area contributed by atoms with Crippen molar-refractivity contribution in [1.29, 1.82) is 0 Å². The summed E-state index contributed by atoms with van der Waals surface area (Å²) in [5, 5.41) is 9.80. The molecule has 19 heteroatoms. The zero-order valence-corrected chi connectivity index (χ0v) is 40.5. The highest BCUT2D eigenvalue weighted by Crippen LogP contribution is 2.42. The molecule has 1 atom stereocenters. The summed E-state index contributed by atoms with van der Waals surface area (Å²) < 4.78 is 23.4. The number of aromatic nitrogens is 6. The first-order valence-corrected chi connectivity index (χ1v) is 26.0. The number of ether oxygens (including phenoxy) is 1. The van der Waals surface area contributed by atoms with Crippen molar-refractivity contribution in [2.75, 3.05) is 81.8 Å². The van der Waals surface area contributed by atoms with Crippen LogP contribution in [0.15, 0.2) is 70.3 Å². The van der Waals surface area contributed by atoms with Crippen LogP contribution in [0.5, 0.6) is 5.75 Å². The van der Waals surface area contributed by atoms with E-state index in [-0.39, 0.29) is 18.0 Å². The maximum absolute atomic E-state index is 13.5. The minimum absolute atomic E-state index is 0.218. The Kier molecular flexibility index (Phi) is 13.0. The Morgan fingerprint density at radius 1 is 0.909 bits per heavy atom. The van der Waals surface area contributed by atoms with Gasteiger partial charge in [0.2, 0.25) is 17.8 Å². The first-order valence-electron chi connectivity index (χ1n) is 22.6. The Bertz CT molecular complexity index is 2940. The summed E-state index contributed by atoms with van der Waals surface area (Å²) in [6.07, 6.45) is 9.23. The molecule has 0 aliphatic carbocycles. The number of carbonyl (C=O) groups is 2. The second kappa shape index (κ2) is 18.9. The molecular weight excluding hydrogens is 923 g/mol. The summed E-state index contributed by atoms with van der Waals surface area (Å²) in [7, 11) is 0.665. The van der Waals surface area contributed by atoms with Crippen LogP contribution in [-0.4, -0.2) is 123 Å². The lowest BCUT2D eigenvalue weighted by Gasteiger charge is -2.43. The standard InChI is InChI=1S/C47H56BrN12O5P/c1-6-29-26-35(53-46-51-28-32(48)44(55-46)52-34-11-10-33-41(50-18-17-49-33)43(34)66(4,5)64)39(65-3)27-38(29)59-20-15-31(16-21-59)58-24-22-57(23-25-58)19-14-30-8-7-9-36-42(30)56(2)47(63)60(36)37-12-13-40(61)54-45(37)62/h7-11,17-18,26-28,31,37H,6,12-16,19-25H2,1-5H3,(H,54,61,62)(H2,51,52,53,55). The number of nitrogens with one attached hydrogen (secondary N) is 3. The first kappa shape index (κ1) is 45.5. The van der Waals surface area contributed by atoms with Gasteiger partial charge in [0.1, 0.15) is 30.3 Å². The van der Waals surface area contributed by atoms with Crippen molar-refractivity contribution in [3.63, 3.8) is 0 Å². The molecule has 1 unspecified atom stereocenters. The van der Waals surface area contributed by atoms with E-state index in [0.717, 1.165) is 93.8 Å². The summed E-state index contributed by atoms with van der Waals surface area (Å²) in [4.78, 5) is 63.9. The Hall–Kier alpha value is -5.68. The van der Waals surface area contributed by atoms with Crippen molar-refractivity contribution >= 4 is 91.1 Å². The number of nitrogens with zero attached hydrogens (tertiary/aromatic N) is 9. The first-order chi connectivity index (χ1) is 31.8. The molecule has 346 valence electrons. The SMILES string of the molecule is CCc1cc(Nc2ncc(Br)c(Nc3ccc4nccnc4c3P(C)(C)=O)n2)c(OC)cc1N1CCC(N2CCN(CCc3cccc4c3n(C)c(=O)n4C3CCC(=O)NC3=O)CC2)CC1. The number of piperidine rings is 2. The highest BCUT2D eigenvalue weighted by Gasteiger charge is 2.33. The van der Waals surface area contributed by atoms with Gasteiger partial charge in [-0.1, -0.05) is 19.1 Å². The smallest absolute Gasteiger partial charge is 0.329 e. The number of imidazole rings is 1. The Balaban J connectivity index is 0.817. The molecule has 0 spiro atoms. The maximum atomic E-state index is 13.5. The molecule has 3 fully saturated rings. The number of aryl methyl sites for hydroxylation is 2. The topological polar surface area (TPSA) is 185 Å². The lowest BCUT2D eigenvalue weighted by molar-refractivity contribution is -0.135. The van der Waals surface area contributed by atoms with Gasteiger partial charge in [0.25, 0.3) is 0 Å². The number of amides is 2. The molecule has 3 aromatic heterocycles. The maximum Gasteiger partial charge on any atom is 0.329 e. The molecule has 17 nitrogen and oxygen atoms in total. The number of methoxy groups -OCH3 is 1. The molecule has 3 N–H and O–H groups in total. The third-order valence-corrected chi connectivity index (χ3v) is 15.4. The number of para-hydroxylation sites is 1. The Labute approximate surface area is 391 Å². The van der Waals surface area contributed by atoms with Crippen LogP contribution in [0, 0.1) is 0 Å². The van der Waals surface area contributed by atoms with Crippen LogP contribution in [0.4, 0.5) is 28.8 Å². The number of benzene rings is 3. The van der Waals surface area contributed by atoms with Gasteiger partial charge in [-0.15, -0.1) is 0 Å². The number of carbonyl (C=O) groups excluding carboxylic acids is 2. The quantitative estimate of drug-likeness (QED) is 0.0912. The average molecular weight is 980 g/mol. The monoisotopic (exact) mass is 978 g/mol. The van der Waals surface area contributed by atoms with E-state index >= 15 is 0 Å². The highest BCUT2D eigenvalue weighted by atomic mass is 79.9. The number of rotatable bonds is 13. The van der Waals surface area contributed by atoms with Gasteiger partial charge in [0.15, 0.2) is 0 Å². The van der Waals surface area contributed by atoms with Crippen molar-refractivity contribution in [1.82, 2.24) is 44.2 Å². The number of piperazine rings is 1. The van der Waals surface area contributed by atoms with Gasteiger partial charge in [0, 0.05) is 95.7 Å². The van der Waals surface area contributed by atoms with E-state index in [0.29, 0.717) is 56.5 Å². The van der Waals surface area contributed by atoms with Crippen molar-refractivity contribution in [2.24, 2.45) is 7.05 Å². The van der Waals surface area contributed by atoms with Crippen molar-refractivity contribution in [3.05, 3.63) is 87.1 Å². The fourth-order valence-electron chi connectivity index (χ4n) is 9.94. The van der Waals surface area contributed by atoms with Gasteiger partial charge in [-0.05, 0) is 96.8 Å². The zero-order valence-electron chi connectivity index (χ0n) is 38.0. The van der Waals surface area contributed by atoms with Gasteiger partial charge in [-0.2, -0.15) is 4.98 Å². The summed E-state index contributed by atoms with van der Waals surface area (Å²) in [6, 6.07) is 13.7. The number of imide groups is 1. The van der Waals surface area contributed by atoms with Crippen molar-refractivity contribution < 1.29 is 18.9 Å². The third-order valence-electron chi connectivity index (χ3n) is 13.3. The Morgan fingerprint density at radius 2 is 1.68 bits per heavy atom. The molecule has 6 aromatic rings. The van der Waals surface area contributed by atoms with Crippen LogP contribution < -0.4 is 36.6 Å². The minimum atomic E-state index is -2.78. The number of halogens is 1. The summed E-state index contributed by atoms with van der Waals surface area (Å²) in [6.45, 7) is 12.4. The fourth-order valence-corrected chi connectivity index (χ4v) is 11.6. The van der Waals surface area contributed by atoms with Gasteiger partial charge < -0.3 is 29.7 Å². The largest absolute Gasteiger partial charge is 0.494 e. The third kappa shape index (κ3) is 9.07. The summed E-state index contributed by atoms with van der Waals surface area (Å²) in [5.74, 6) is 0.859. The van der Waals surface area contributed by atoms with E-state index in [1.165, 1.54) is 11.3 Å². The molecular formula is C47H56BrN12O5P. The predicted molar refractivity (Wildman–Crippen MR) is 263 cm³/mol. The molecule has 6 heterocycles. The fraction of sp³-hybridized carbons (Fsp3) is 0.426. The van der Waals surface area contributed by atoms with Crippen LogP contribution in [0.25, 0.3) is 22.1 Å². The van der Waals surface area contributed by atoms with E-state index in [2.05, 4.69) is 86.7 Å². The van der Waals surface area contributed by atoms with E-state index in [4.69, 9.17) is 9.72 Å². The Morgan fingerprint density at radius 3 is 2.41 bits per heavy atom.